The minimum Gasteiger partial charge on any atom is -0.497 e. The first-order chi connectivity index (χ1) is 14.8. The molecule has 168 valence electrons. The van der Waals surface area contributed by atoms with Crippen molar-refractivity contribution in [3.05, 3.63) is 59.2 Å². The van der Waals surface area contributed by atoms with Gasteiger partial charge in [-0.15, -0.1) is 0 Å². The van der Waals surface area contributed by atoms with Crippen LogP contribution < -0.4 is 14.4 Å². The number of methoxy groups -OCH3 is 1. The molecule has 0 saturated carbocycles. The van der Waals surface area contributed by atoms with E-state index in [0.29, 0.717) is 17.9 Å². The van der Waals surface area contributed by atoms with Crippen LogP contribution in [0.3, 0.4) is 0 Å². The number of benzene rings is 2. The zero-order valence-corrected chi connectivity index (χ0v) is 19.4. The number of amides is 1. The summed E-state index contributed by atoms with van der Waals surface area (Å²) in [4.78, 5) is 12.5. The zero-order valence-electron chi connectivity index (χ0n) is 18.6. The molecule has 1 aliphatic carbocycles. The maximum atomic E-state index is 12.5. The van der Waals surface area contributed by atoms with Crippen molar-refractivity contribution in [2.24, 2.45) is 0 Å². The van der Waals surface area contributed by atoms with Gasteiger partial charge in [0.2, 0.25) is 15.9 Å². The van der Waals surface area contributed by atoms with E-state index in [4.69, 9.17) is 4.74 Å². The van der Waals surface area contributed by atoms with Crippen molar-refractivity contribution in [2.75, 3.05) is 24.2 Å². The van der Waals surface area contributed by atoms with E-state index in [9.17, 15) is 13.2 Å². The first kappa shape index (κ1) is 23.1. The Morgan fingerprint density at radius 1 is 1.13 bits per heavy atom. The number of fused-ring (bicyclic) bond motifs is 1. The Hall–Kier alpha value is -2.54. The quantitative estimate of drug-likeness (QED) is 0.634. The molecule has 3 rings (SSSR count). The third-order valence-corrected chi connectivity index (χ3v) is 6.95. The number of aryl methyl sites for hydroxylation is 2. The van der Waals surface area contributed by atoms with Crippen LogP contribution in [0.25, 0.3) is 0 Å². The second-order valence-corrected chi connectivity index (χ2v) is 10.1. The summed E-state index contributed by atoms with van der Waals surface area (Å²) in [6, 6.07) is 13.3. The first-order valence-corrected chi connectivity index (χ1v) is 12.7. The first-order valence-electron chi connectivity index (χ1n) is 10.8. The van der Waals surface area contributed by atoms with Gasteiger partial charge in [-0.05, 0) is 67.9 Å². The van der Waals surface area contributed by atoms with E-state index in [1.54, 1.807) is 24.3 Å². The number of anilines is 1. The van der Waals surface area contributed by atoms with Gasteiger partial charge in [-0.1, -0.05) is 24.3 Å². The summed E-state index contributed by atoms with van der Waals surface area (Å²) >= 11 is 0. The van der Waals surface area contributed by atoms with E-state index in [1.807, 2.05) is 6.92 Å². The average Bonchev–Trinajstić information content (AvgIpc) is 2.75. The molecular formula is C24H32N2O4S. The molecule has 2 aromatic carbocycles. The molecule has 31 heavy (non-hydrogen) atoms. The lowest BCUT2D eigenvalue weighted by atomic mass is 9.89. The lowest BCUT2D eigenvalue weighted by molar-refractivity contribution is -0.121. The van der Waals surface area contributed by atoms with Crippen molar-refractivity contribution in [2.45, 2.75) is 51.5 Å². The molecule has 1 aliphatic rings. The van der Waals surface area contributed by atoms with E-state index in [0.717, 1.165) is 18.4 Å². The maximum absolute atomic E-state index is 12.5. The summed E-state index contributed by atoms with van der Waals surface area (Å²) < 4.78 is 31.1. The number of rotatable bonds is 9. The Morgan fingerprint density at radius 2 is 1.87 bits per heavy atom. The third-order valence-electron chi connectivity index (χ3n) is 5.76. The molecule has 0 aliphatic heterocycles. The highest BCUT2D eigenvalue weighted by molar-refractivity contribution is 7.92. The predicted molar refractivity (Wildman–Crippen MR) is 124 cm³/mol. The van der Waals surface area contributed by atoms with Crippen LogP contribution in [-0.2, 0) is 27.7 Å². The number of ether oxygens (including phenoxy) is 1. The van der Waals surface area contributed by atoms with E-state index in [-0.39, 0.29) is 24.9 Å². The van der Waals surface area contributed by atoms with Crippen molar-refractivity contribution in [3.63, 3.8) is 0 Å². The normalized spacial score (nSPS) is 14.4. The fourth-order valence-electron chi connectivity index (χ4n) is 4.05. The van der Waals surface area contributed by atoms with Crippen molar-refractivity contribution in [1.29, 1.82) is 0 Å². The molecule has 6 nitrogen and oxygen atoms in total. The number of sulfonamides is 1. The standard InChI is InChI=1S/C24H32N2O4S/c1-18(20-14-13-19-8-4-5-9-21(19)16-20)25-24(27)12-7-15-26(31(3,28)29)22-10-6-11-23(17-22)30-2/h6,10-11,13-14,16-18H,4-5,7-9,12,15H2,1-3H3,(H,25,27)/t18-/m1/s1. The van der Waals surface area contributed by atoms with Crippen molar-refractivity contribution >= 4 is 21.6 Å². The van der Waals surface area contributed by atoms with Gasteiger partial charge in [-0.3, -0.25) is 9.10 Å². The van der Waals surface area contributed by atoms with Crippen LogP contribution in [0.4, 0.5) is 5.69 Å². The Kier molecular flexibility index (Phi) is 7.59. The summed E-state index contributed by atoms with van der Waals surface area (Å²) in [6.45, 7) is 2.22. The summed E-state index contributed by atoms with van der Waals surface area (Å²) in [5.74, 6) is 0.507. The SMILES string of the molecule is COc1cccc(N(CCCC(=O)N[C@H](C)c2ccc3c(c2)CCCC3)S(C)(=O)=O)c1. The van der Waals surface area contributed by atoms with Crippen LogP contribution in [0.15, 0.2) is 42.5 Å². The molecule has 1 amide bonds. The molecule has 0 unspecified atom stereocenters. The lowest BCUT2D eigenvalue weighted by Crippen LogP contribution is -2.32. The Balaban J connectivity index is 1.56. The van der Waals surface area contributed by atoms with Crippen LogP contribution in [0.5, 0.6) is 5.75 Å². The summed E-state index contributed by atoms with van der Waals surface area (Å²) in [5, 5.41) is 3.05. The van der Waals surface area contributed by atoms with Crippen LogP contribution in [0.2, 0.25) is 0 Å². The molecule has 2 aromatic rings. The number of nitrogens with zero attached hydrogens (tertiary/aromatic N) is 1. The fraction of sp³-hybridized carbons (Fsp3) is 0.458. The van der Waals surface area contributed by atoms with Gasteiger partial charge in [0, 0.05) is 19.0 Å². The molecule has 7 heteroatoms. The number of hydrogen-bond acceptors (Lipinski definition) is 4. The number of nitrogens with one attached hydrogen (secondary N) is 1. The molecule has 0 radical (unpaired) electrons. The molecule has 0 spiro atoms. The van der Waals surface area contributed by atoms with E-state index < -0.39 is 10.0 Å². The molecule has 0 heterocycles. The van der Waals surface area contributed by atoms with Gasteiger partial charge in [0.25, 0.3) is 0 Å². The molecule has 0 bridgehead atoms. The minimum atomic E-state index is -3.47. The largest absolute Gasteiger partial charge is 0.497 e. The van der Waals surface area contributed by atoms with Crippen LogP contribution in [-0.4, -0.2) is 34.2 Å². The second-order valence-electron chi connectivity index (χ2n) is 8.16. The highest BCUT2D eigenvalue weighted by Crippen LogP contribution is 2.25. The van der Waals surface area contributed by atoms with Gasteiger partial charge in [-0.25, -0.2) is 8.42 Å². The molecule has 0 saturated heterocycles. The molecule has 1 atom stereocenters. The summed E-state index contributed by atoms with van der Waals surface area (Å²) in [7, 11) is -1.93. The minimum absolute atomic E-state index is 0.0793. The van der Waals surface area contributed by atoms with Crippen LogP contribution in [0.1, 0.15) is 55.3 Å². The van der Waals surface area contributed by atoms with Crippen molar-refractivity contribution < 1.29 is 17.9 Å². The molecule has 0 aromatic heterocycles. The number of hydrogen-bond donors (Lipinski definition) is 1. The summed E-state index contributed by atoms with van der Waals surface area (Å²) in [5.41, 5.74) is 4.46. The van der Waals surface area contributed by atoms with Gasteiger partial charge >= 0.3 is 0 Å². The predicted octanol–water partition coefficient (Wildman–Crippen LogP) is 4.00. The Bertz CT molecular complexity index is 1020. The van der Waals surface area contributed by atoms with Crippen LogP contribution in [0, 0.1) is 0 Å². The van der Waals surface area contributed by atoms with Gasteiger partial charge in [-0.2, -0.15) is 0 Å². The fourth-order valence-corrected chi connectivity index (χ4v) is 5.01. The highest BCUT2D eigenvalue weighted by atomic mass is 32.2. The number of carbonyl (C=O) groups is 1. The van der Waals surface area contributed by atoms with Crippen LogP contribution >= 0.6 is 0 Å². The maximum Gasteiger partial charge on any atom is 0.232 e. The van der Waals surface area contributed by atoms with Gasteiger partial charge in [0.1, 0.15) is 5.75 Å². The van der Waals surface area contributed by atoms with E-state index >= 15 is 0 Å². The van der Waals surface area contributed by atoms with Gasteiger partial charge in [0.05, 0.1) is 25.1 Å². The third kappa shape index (κ3) is 6.23. The average molecular weight is 445 g/mol. The molecule has 0 fully saturated rings. The van der Waals surface area contributed by atoms with E-state index in [1.165, 1.54) is 41.6 Å². The van der Waals surface area contributed by atoms with Gasteiger partial charge < -0.3 is 10.1 Å². The monoisotopic (exact) mass is 444 g/mol. The smallest absolute Gasteiger partial charge is 0.232 e. The van der Waals surface area contributed by atoms with Crippen molar-refractivity contribution in [3.8, 4) is 5.75 Å². The molecule has 1 N–H and O–H groups in total. The topological polar surface area (TPSA) is 75.7 Å². The highest BCUT2D eigenvalue weighted by Gasteiger charge is 2.19. The molecular weight excluding hydrogens is 412 g/mol. The Labute approximate surface area is 185 Å². The Morgan fingerprint density at radius 3 is 2.58 bits per heavy atom. The lowest BCUT2D eigenvalue weighted by Gasteiger charge is -2.23. The van der Waals surface area contributed by atoms with Gasteiger partial charge in [0.15, 0.2) is 0 Å². The summed E-state index contributed by atoms with van der Waals surface area (Å²) in [6.07, 6.45) is 6.57. The second kappa shape index (κ2) is 10.2. The number of carbonyl (C=O) groups excluding carboxylic acids is 1. The zero-order chi connectivity index (χ0) is 22.4. The van der Waals surface area contributed by atoms with Crippen molar-refractivity contribution in [1.82, 2.24) is 5.32 Å². The van der Waals surface area contributed by atoms with E-state index in [2.05, 4.69) is 23.5 Å².